The Bertz CT molecular complexity index is 1230. The fourth-order valence-electron chi connectivity index (χ4n) is 3.41. The van der Waals surface area contributed by atoms with E-state index in [9.17, 15) is 22.8 Å². The highest BCUT2D eigenvalue weighted by Crippen LogP contribution is 2.27. The quantitative estimate of drug-likeness (QED) is 0.444. The van der Waals surface area contributed by atoms with Gasteiger partial charge < -0.3 is 4.98 Å². The average Bonchev–Trinajstić information content (AvgIpc) is 3.12. The van der Waals surface area contributed by atoms with Crippen LogP contribution < -0.4 is 5.32 Å². The van der Waals surface area contributed by atoms with E-state index in [-0.39, 0.29) is 36.0 Å². The summed E-state index contributed by atoms with van der Waals surface area (Å²) < 4.78 is 40.7. The van der Waals surface area contributed by atoms with Crippen molar-refractivity contribution in [3.8, 4) is 11.3 Å². The van der Waals surface area contributed by atoms with Crippen molar-refractivity contribution in [3.63, 3.8) is 0 Å². The maximum absolute atomic E-state index is 13.6. The molecule has 2 heterocycles. The van der Waals surface area contributed by atoms with E-state index in [2.05, 4.69) is 20.3 Å². The number of benzene rings is 1. The zero-order chi connectivity index (χ0) is 25.2. The van der Waals surface area contributed by atoms with Gasteiger partial charge in [0.1, 0.15) is 17.3 Å². The maximum atomic E-state index is 13.6. The number of rotatable bonds is 7. The first kappa shape index (κ1) is 25.1. The van der Waals surface area contributed by atoms with E-state index in [0.717, 1.165) is 0 Å². The van der Waals surface area contributed by atoms with Gasteiger partial charge in [0.15, 0.2) is 0 Å². The van der Waals surface area contributed by atoms with Gasteiger partial charge in [0, 0.05) is 29.3 Å². The number of nitrogens with one attached hydrogen (secondary N) is 2. The summed E-state index contributed by atoms with van der Waals surface area (Å²) >= 11 is 0. The number of ketones is 1. The molecule has 0 aliphatic carbocycles. The van der Waals surface area contributed by atoms with E-state index in [0.29, 0.717) is 28.1 Å². The minimum absolute atomic E-state index is 0.0195. The summed E-state index contributed by atoms with van der Waals surface area (Å²) in [5.74, 6) is -1.07. The molecule has 0 aliphatic heterocycles. The van der Waals surface area contributed by atoms with Gasteiger partial charge in [-0.25, -0.2) is 18.2 Å². The number of aromatic amines is 1. The third-order valence-corrected chi connectivity index (χ3v) is 5.45. The second-order valence-electron chi connectivity index (χ2n) is 9.23. The molecule has 34 heavy (non-hydrogen) atoms. The standard InChI is InChI=1S/C25H27F3N4O2/c1-13-10-16(7-8-18(13)26)20-14(2)30-24(31-20)32-23(34)17-11-15(12-29-21(17)22(27)28)6-9-19(33)25(3,4)5/h7-8,10-12,22H,6,9H2,1-5H3,(H2,30,31,32,34). The second-order valence-corrected chi connectivity index (χ2v) is 9.23. The predicted octanol–water partition coefficient (Wildman–Crippen LogP) is 5.97. The number of alkyl halides is 2. The van der Waals surface area contributed by atoms with Crippen LogP contribution in [0.25, 0.3) is 11.3 Å². The maximum Gasteiger partial charge on any atom is 0.281 e. The summed E-state index contributed by atoms with van der Waals surface area (Å²) in [5, 5.41) is 2.51. The van der Waals surface area contributed by atoms with Crippen LogP contribution in [0.4, 0.5) is 19.1 Å². The molecule has 0 aliphatic rings. The van der Waals surface area contributed by atoms with Crippen molar-refractivity contribution in [1.29, 1.82) is 0 Å². The SMILES string of the molecule is Cc1cc(-c2nc(NC(=O)c3cc(CCC(=O)C(C)(C)C)cnc3C(F)F)[nH]c2C)ccc1F. The lowest BCUT2D eigenvalue weighted by Crippen LogP contribution is -2.21. The number of nitrogens with zero attached hydrogens (tertiary/aromatic N) is 2. The third-order valence-electron chi connectivity index (χ3n) is 5.45. The highest BCUT2D eigenvalue weighted by atomic mass is 19.3. The molecule has 9 heteroatoms. The lowest BCUT2D eigenvalue weighted by Gasteiger charge is -2.16. The van der Waals surface area contributed by atoms with Crippen LogP contribution in [0.5, 0.6) is 0 Å². The number of anilines is 1. The number of H-pyrrole nitrogens is 1. The highest BCUT2D eigenvalue weighted by Gasteiger charge is 2.24. The number of pyridine rings is 1. The van der Waals surface area contributed by atoms with Crippen molar-refractivity contribution >= 4 is 17.6 Å². The summed E-state index contributed by atoms with van der Waals surface area (Å²) in [7, 11) is 0. The largest absolute Gasteiger partial charge is 0.328 e. The van der Waals surface area contributed by atoms with Gasteiger partial charge in [0.2, 0.25) is 5.95 Å². The topological polar surface area (TPSA) is 87.7 Å². The van der Waals surface area contributed by atoms with E-state index >= 15 is 0 Å². The molecule has 0 radical (unpaired) electrons. The Hall–Kier alpha value is -3.49. The van der Waals surface area contributed by atoms with Crippen molar-refractivity contribution in [2.45, 2.75) is 53.9 Å². The second kappa shape index (κ2) is 9.79. The van der Waals surface area contributed by atoms with Crippen molar-refractivity contribution < 1.29 is 22.8 Å². The number of Topliss-reactive ketones (excluding diaryl/α,β-unsaturated/α-hetero) is 1. The van der Waals surface area contributed by atoms with Crippen LogP contribution in [0.3, 0.4) is 0 Å². The van der Waals surface area contributed by atoms with Gasteiger partial charge in [0.05, 0.1) is 11.3 Å². The summed E-state index contributed by atoms with van der Waals surface area (Å²) in [6, 6.07) is 5.86. The first-order chi connectivity index (χ1) is 15.9. The van der Waals surface area contributed by atoms with Gasteiger partial charge in [-0.15, -0.1) is 0 Å². The van der Waals surface area contributed by atoms with Crippen LogP contribution in [-0.2, 0) is 11.2 Å². The molecule has 0 fully saturated rings. The first-order valence-electron chi connectivity index (χ1n) is 10.8. The van der Waals surface area contributed by atoms with Gasteiger partial charge in [-0.3, -0.25) is 19.9 Å². The van der Waals surface area contributed by atoms with Crippen LogP contribution in [0.2, 0.25) is 0 Å². The van der Waals surface area contributed by atoms with Crippen molar-refractivity contribution in [1.82, 2.24) is 15.0 Å². The highest BCUT2D eigenvalue weighted by molar-refractivity contribution is 6.04. The normalized spacial score (nSPS) is 11.7. The molecule has 0 saturated heterocycles. The Morgan fingerprint density at radius 2 is 1.85 bits per heavy atom. The Morgan fingerprint density at radius 1 is 1.15 bits per heavy atom. The number of carbonyl (C=O) groups excluding carboxylic acids is 2. The van der Waals surface area contributed by atoms with Gasteiger partial charge in [-0.2, -0.15) is 0 Å². The third kappa shape index (κ3) is 5.70. The monoisotopic (exact) mass is 472 g/mol. The average molecular weight is 473 g/mol. The van der Waals surface area contributed by atoms with Crippen LogP contribution in [-0.4, -0.2) is 26.6 Å². The molecular formula is C25H27F3N4O2. The molecule has 180 valence electrons. The van der Waals surface area contributed by atoms with E-state index in [1.807, 2.05) is 0 Å². The van der Waals surface area contributed by atoms with E-state index in [4.69, 9.17) is 0 Å². The zero-order valence-corrected chi connectivity index (χ0v) is 19.7. The molecule has 3 rings (SSSR count). The number of hydrogen-bond donors (Lipinski definition) is 2. The van der Waals surface area contributed by atoms with Crippen molar-refractivity contribution in [2.24, 2.45) is 5.41 Å². The minimum Gasteiger partial charge on any atom is -0.328 e. The van der Waals surface area contributed by atoms with Crippen LogP contribution in [0, 0.1) is 25.1 Å². The van der Waals surface area contributed by atoms with Crippen molar-refractivity contribution in [2.75, 3.05) is 5.32 Å². The van der Waals surface area contributed by atoms with Crippen LogP contribution >= 0.6 is 0 Å². The molecule has 1 amide bonds. The summed E-state index contributed by atoms with van der Waals surface area (Å²) in [6.45, 7) is 8.78. The molecule has 3 aromatic rings. The molecule has 1 aromatic carbocycles. The number of halogens is 3. The van der Waals surface area contributed by atoms with Crippen LogP contribution in [0.1, 0.15) is 66.5 Å². The smallest absolute Gasteiger partial charge is 0.281 e. The van der Waals surface area contributed by atoms with Gasteiger partial charge in [0.25, 0.3) is 12.3 Å². The fourth-order valence-corrected chi connectivity index (χ4v) is 3.41. The number of hydrogen-bond acceptors (Lipinski definition) is 4. The Labute approximate surface area is 196 Å². The lowest BCUT2D eigenvalue weighted by atomic mass is 9.87. The number of aromatic nitrogens is 3. The molecule has 0 saturated carbocycles. The number of carbonyl (C=O) groups is 2. The summed E-state index contributed by atoms with van der Waals surface area (Å²) in [4.78, 5) is 36.1. The van der Waals surface area contributed by atoms with E-state index in [1.165, 1.54) is 18.3 Å². The fraction of sp³-hybridized carbons (Fsp3) is 0.360. The molecule has 0 atom stereocenters. The molecule has 6 nitrogen and oxygen atoms in total. The van der Waals surface area contributed by atoms with E-state index in [1.54, 1.807) is 46.8 Å². The molecule has 0 bridgehead atoms. The summed E-state index contributed by atoms with van der Waals surface area (Å²) in [6.07, 6.45) is -1.21. The molecule has 2 aromatic heterocycles. The summed E-state index contributed by atoms with van der Waals surface area (Å²) in [5.41, 5.74) is 1.25. The van der Waals surface area contributed by atoms with E-state index < -0.39 is 23.4 Å². The lowest BCUT2D eigenvalue weighted by molar-refractivity contribution is -0.126. The molecule has 0 unspecified atom stereocenters. The Balaban J connectivity index is 1.84. The zero-order valence-electron chi connectivity index (χ0n) is 19.7. The molecule has 0 spiro atoms. The molecular weight excluding hydrogens is 445 g/mol. The van der Waals surface area contributed by atoms with Gasteiger partial charge in [-0.05, 0) is 55.7 Å². The number of imidazole rings is 1. The first-order valence-corrected chi connectivity index (χ1v) is 10.8. The van der Waals surface area contributed by atoms with Crippen molar-refractivity contribution in [3.05, 3.63) is 64.4 Å². The van der Waals surface area contributed by atoms with Gasteiger partial charge in [-0.1, -0.05) is 20.8 Å². The predicted molar refractivity (Wildman–Crippen MR) is 123 cm³/mol. The molecule has 2 N–H and O–H groups in total. The minimum atomic E-state index is -2.96. The van der Waals surface area contributed by atoms with Crippen LogP contribution in [0.15, 0.2) is 30.5 Å². The van der Waals surface area contributed by atoms with Gasteiger partial charge >= 0.3 is 0 Å². The number of aryl methyl sites for hydroxylation is 3. The Morgan fingerprint density at radius 3 is 2.47 bits per heavy atom. The Kier molecular flexibility index (Phi) is 7.24. The number of amides is 1.